The van der Waals surface area contributed by atoms with E-state index in [1.54, 1.807) is 0 Å². The Morgan fingerprint density at radius 1 is 1.29 bits per heavy atom. The molecule has 1 atom stereocenters. The first-order chi connectivity index (χ1) is 8.33. The monoisotopic (exact) mass is 238 g/mol. The van der Waals surface area contributed by atoms with Gasteiger partial charge in [0, 0.05) is 13.1 Å². The van der Waals surface area contributed by atoms with E-state index in [9.17, 15) is 0 Å². The maximum Gasteiger partial charge on any atom is 0.208 e. The van der Waals surface area contributed by atoms with E-state index >= 15 is 0 Å². The van der Waals surface area contributed by atoms with Crippen molar-refractivity contribution < 1.29 is 0 Å². The van der Waals surface area contributed by atoms with Crippen molar-refractivity contribution in [1.82, 2.24) is 10.3 Å². The summed E-state index contributed by atoms with van der Waals surface area (Å²) in [6, 6.07) is 0.503. The van der Waals surface area contributed by atoms with E-state index in [0.717, 1.165) is 25.0 Å². The van der Waals surface area contributed by atoms with Crippen molar-refractivity contribution in [2.24, 2.45) is 16.8 Å². The highest BCUT2D eigenvalue weighted by atomic mass is 15.4. The number of hydrazine groups is 1. The largest absolute Gasteiger partial charge is 0.342 e. The molecule has 1 unspecified atom stereocenters. The second-order valence-corrected chi connectivity index (χ2v) is 5.40. The van der Waals surface area contributed by atoms with Crippen LogP contribution in [0.4, 0.5) is 0 Å². The SMILES string of the molecule is CCC1CCCN(C(=NC2CCCC2)NN)C1. The molecule has 0 spiro atoms. The van der Waals surface area contributed by atoms with Crippen molar-refractivity contribution in [2.45, 2.75) is 57.9 Å². The predicted octanol–water partition coefficient (Wildman–Crippen LogP) is 1.87. The summed E-state index contributed by atoms with van der Waals surface area (Å²) in [6.45, 7) is 4.50. The second-order valence-electron chi connectivity index (χ2n) is 5.40. The highest BCUT2D eigenvalue weighted by Gasteiger charge is 2.22. The van der Waals surface area contributed by atoms with Crippen molar-refractivity contribution in [1.29, 1.82) is 0 Å². The standard InChI is InChI=1S/C13H26N4/c1-2-11-6-5-9-17(10-11)13(16-14)15-12-7-3-4-8-12/h11-12H,2-10,14H2,1H3,(H,15,16). The smallest absolute Gasteiger partial charge is 0.208 e. The predicted molar refractivity (Wildman–Crippen MR) is 71.6 cm³/mol. The highest BCUT2D eigenvalue weighted by molar-refractivity contribution is 5.79. The van der Waals surface area contributed by atoms with Gasteiger partial charge < -0.3 is 4.90 Å². The first kappa shape index (κ1) is 12.7. The van der Waals surface area contributed by atoms with Gasteiger partial charge in [-0.2, -0.15) is 0 Å². The third-order valence-electron chi connectivity index (χ3n) is 4.15. The van der Waals surface area contributed by atoms with E-state index in [0.29, 0.717) is 6.04 Å². The minimum atomic E-state index is 0.503. The zero-order valence-corrected chi connectivity index (χ0v) is 11.0. The van der Waals surface area contributed by atoms with Crippen molar-refractivity contribution >= 4 is 5.96 Å². The fraction of sp³-hybridized carbons (Fsp3) is 0.923. The first-order valence-corrected chi connectivity index (χ1v) is 7.12. The Labute approximate surface area is 105 Å². The molecule has 0 aromatic rings. The number of rotatable bonds is 2. The highest BCUT2D eigenvalue weighted by Crippen LogP contribution is 2.23. The Balaban J connectivity index is 1.96. The van der Waals surface area contributed by atoms with Crippen LogP contribution in [0.2, 0.25) is 0 Å². The zero-order valence-electron chi connectivity index (χ0n) is 11.0. The number of piperidine rings is 1. The minimum Gasteiger partial charge on any atom is -0.342 e. The fourth-order valence-electron chi connectivity index (χ4n) is 3.01. The van der Waals surface area contributed by atoms with Gasteiger partial charge in [-0.15, -0.1) is 0 Å². The molecule has 1 aliphatic heterocycles. The number of likely N-dealkylation sites (tertiary alicyclic amines) is 1. The van der Waals surface area contributed by atoms with Crippen molar-refractivity contribution in [3.63, 3.8) is 0 Å². The quantitative estimate of drug-likeness (QED) is 0.334. The molecule has 1 saturated heterocycles. The first-order valence-electron chi connectivity index (χ1n) is 7.12. The van der Waals surface area contributed by atoms with Crippen LogP contribution < -0.4 is 11.3 Å². The van der Waals surface area contributed by atoms with Crippen LogP contribution in [-0.4, -0.2) is 30.0 Å². The zero-order chi connectivity index (χ0) is 12.1. The second kappa shape index (κ2) is 6.24. The molecular weight excluding hydrogens is 212 g/mol. The van der Waals surface area contributed by atoms with Crippen LogP contribution in [0.5, 0.6) is 0 Å². The summed E-state index contributed by atoms with van der Waals surface area (Å²) in [4.78, 5) is 7.14. The summed E-state index contributed by atoms with van der Waals surface area (Å²) < 4.78 is 0. The van der Waals surface area contributed by atoms with Crippen LogP contribution in [0, 0.1) is 5.92 Å². The van der Waals surface area contributed by atoms with Gasteiger partial charge in [0.1, 0.15) is 0 Å². The van der Waals surface area contributed by atoms with Crippen LogP contribution in [0.15, 0.2) is 4.99 Å². The molecular formula is C13H26N4. The number of hydrogen-bond donors (Lipinski definition) is 2. The Kier molecular flexibility index (Phi) is 4.66. The van der Waals surface area contributed by atoms with Gasteiger partial charge in [-0.3, -0.25) is 5.43 Å². The van der Waals surface area contributed by atoms with Crippen molar-refractivity contribution in [3.8, 4) is 0 Å². The van der Waals surface area contributed by atoms with E-state index in [1.165, 1.54) is 44.9 Å². The number of guanidine groups is 1. The Bertz CT molecular complexity index is 258. The van der Waals surface area contributed by atoms with Crippen molar-refractivity contribution in [2.75, 3.05) is 13.1 Å². The average molecular weight is 238 g/mol. The Morgan fingerprint density at radius 3 is 2.71 bits per heavy atom. The Morgan fingerprint density at radius 2 is 2.06 bits per heavy atom. The minimum absolute atomic E-state index is 0.503. The molecule has 0 radical (unpaired) electrons. The summed E-state index contributed by atoms with van der Waals surface area (Å²) >= 11 is 0. The van der Waals surface area contributed by atoms with E-state index in [2.05, 4.69) is 17.2 Å². The van der Waals surface area contributed by atoms with Gasteiger partial charge in [-0.05, 0) is 31.6 Å². The van der Waals surface area contributed by atoms with Gasteiger partial charge in [-0.1, -0.05) is 26.2 Å². The molecule has 0 aromatic carbocycles. The molecule has 1 aliphatic carbocycles. The van der Waals surface area contributed by atoms with E-state index in [1.807, 2.05) is 0 Å². The average Bonchev–Trinajstić information content (AvgIpc) is 2.89. The molecule has 0 amide bonds. The summed E-state index contributed by atoms with van der Waals surface area (Å²) in [5, 5.41) is 0. The summed E-state index contributed by atoms with van der Waals surface area (Å²) in [6.07, 6.45) is 9.00. The fourth-order valence-corrected chi connectivity index (χ4v) is 3.01. The topological polar surface area (TPSA) is 53.6 Å². The number of aliphatic imine (C=N–C) groups is 1. The third-order valence-corrected chi connectivity index (χ3v) is 4.15. The van der Waals surface area contributed by atoms with Crippen LogP contribution in [-0.2, 0) is 0 Å². The molecule has 3 N–H and O–H groups in total. The van der Waals surface area contributed by atoms with E-state index in [-0.39, 0.29) is 0 Å². The van der Waals surface area contributed by atoms with Crippen LogP contribution >= 0.6 is 0 Å². The molecule has 4 nitrogen and oxygen atoms in total. The van der Waals surface area contributed by atoms with Gasteiger partial charge in [0.05, 0.1) is 6.04 Å². The molecule has 17 heavy (non-hydrogen) atoms. The van der Waals surface area contributed by atoms with Gasteiger partial charge in [0.15, 0.2) is 0 Å². The van der Waals surface area contributed by atoms with E-state index < -0.39 is 0 Å². The summed E-state index contributed by atoms with van der Waals surface area (Å²) in [5.74, 6) is 7.38. The number of nitrogens with one attached hydrogen (secondary N) is 1. The van der Waals surface area contributed by atoms with Gasteiger partial charge >= 0.3 is 0 Å². The summed E-state index contributed by atoms with van der Waals surface area (Å²) in [5.41, 5.74) is 2.82. The van der Waals surface area contributed by atoms with Gasteiger partial charge in [0.25, 0.3) is 0 Å². The normalized spacial score (nSPS) is 27.5. The third kappa shape index (κ3) is 3.35. The number of hydrogen-bond acceptors (Lipinski definition) is 2. The molecule has 0 aromatic heterocycles. The van der Waals surface area contributed by atoms with E-state index in [4.69, 9.17) is 10.8 Å². The lowest BCUT2D eigenvalue weighted by molar-refractivity contribution is 0.246. The molecule has 98 valence electrons. The molecule has 2 aliphatic rings. The molecule has 4 heteroatoms. The lowest BCUT2D eigenvalue weighted by atomic mass is 9.96. The van der Waals surface area contributed by atoms with Gasteiger partial charge in [-0.25, -0.2) is 10.8 Å². The van der Waals surface area contributed by atoms with Crippen LogP contribution in [0.1, 0.15) is 51.9 Å². The van der Waals surface area contributed by atoms with Crippen molar-refractivity contribution in [3.05, 3.63) is 0 Å². The maximum absolute atomic E-state index is 5.65. The maximum atomic E-state index is 5.65. The lowest BCUT2D eigenvalue weighted by Crippen LogP contribution is -2.49. The molecule has 1 heterocycles. The van der Waals surface area contributed by atoms with Crippen LogP contribution in [0.25, 0.3) is 0 Å². The molecule has 1 saturated carbocycles. The van der Waals surface area contributed by atoms with Crippen LogP contribution in [0.3, 0.4) is 0 Å². The molecule has 2 rings (SSSR count). The lowest BCUT2D eigenvalue weighted by Gasteiger charge is -2.34. The Hall–Kier alpha value is -0.770. The molecule has 2 fully saturated rings. The number of nitrogens with zero attached hydrogens (tertiary/aromatic N) is 2. The van der Waals surface area contributed by atoms with Gasteiger partial charge in [0.2, 0.25) is 5.96 Å². The summed E-state index contributed by atoms with van der Waals surface area (Å²) in [7, 11) is 0. The molecule has 0 bridgehead atoms. The number of nitrogens with two attached hydrogens (primary N) is 1.